The molecular weight excluding hydrogens is 442 g/mol. The molecule has 3 N–H and O–H groups in total. The maximum Gasteiger partial charge on any atom is 0.321 e. The van der Waals surface area contributed by atoms with E-state index in [2.05, 4.69) is 25.7 Å². The van der Waals surface area contributed by atoms with Crippen molar-refractivity contribution in [2.24, 2.45) is 5.10 Å². The van der Waals surface area contributed by atoms with Crippen molar-refractivity contribution in [1.29, 1.82) is 0 Å². The van der Waals surface area contributed by atoms with Gasteiger partial charge in [-0.3, -0.25) is 15.1 Å². The largest absolute Gasteiger partial charge is 0.338 e. The van der Waals surface area contributed by atoms with Crippen LogP contribution in [-0.4, -0.2) is 39.9 Å². The van der Waals surface area contributed by atoms with E-state index in [1.807, 2.05) is 79.8 Å². The summed E-state index contributed by atoms with van der Waals surface area (Å²) in [6.07, 6.45) is 4.54. The third kappa shape index (κ3) is 4.52. The van der Waals surface area contributed by atoms with Crippen molar-refractivity contribution in [2.45, 2.75) is 26.3 Å². The van der Waals surface area contributed by atoms with Gasteiger partial charge in [-0.1, -0.05) is 30.3 Å². The lowest BCUT2D eigenvalue weighted by molar-refractivity contribution is 0.252. The van der Waals surface area contributed by atoms with Crippen molar-refractivity contribution in [3.63, 3.8) is 0 Å². The first kappa shape index (κ1) is 22.4. The van der Waals surface area contributed by atoms with Crippen LogP contribution >= 0.6 is 0 Å². The molecule has 0 aliphatic carbocycles. The summed E-state index contributed by atoms with van der Waals surface area (Å²) >= 11 is 0. The van der Waals surface area contributed by atoms with Gasteiger partial charge in [0.1, 0.15) is 5.52 Å². The van der Waals surface area contributed by atoms with Gasteiger partial charge in [-0.05, 0) is 48.7 Å². The Labute approximate surface area is 202 Å². The predicted molar refractivity (Wildman–Crippen MR) is 139 cm³/mol. The monoisotopic (exact) mass is 469 g/mol. The SMILES string of the molecule is CCNC(=O)Nc1nc2c(N3CCC=N3)cc(-c3ccn(C(C)c4ccccc4)c(=O)c3)cc2[nH]1. The number of hydrazone groups is 1. The minimum absolute atomic E-state index is 0.0785. The second kappa shape index (κ2) is 9.46. The van der Waals surface area contributed by atoms with Crippen LogP contribution in [0.4, 0.5) is 16.4 Å². The van der Waals surface area contributed by atoms with Crippen LogP contribution in [0.2, 0.25) is 0 Å². The van der Waals surface area contributed by atoms with Crippen molar-refractivity contribution >= 4 is 34.9 Å². The number of rotatable bonds is 6. The van der Waals surface area contributed by atoms with Crippen LogP contribution in [0, 0.1) is 0 Å². The Bertz CT molecular complexity index is 1460. The molecule has 0 fully saturated rings. The van der Waals surface area contributed by atoms with E-state index in [9.17, 15) is 9.59 Å². The van der Waals surface area contributed by atoms with E-state index in [1.165, 1.54) is 0 Å². The van der Waals surface area contributed by atoms with Crippen LogP contribution in [0.3, 0.4) is 0 Å². The van der Waals surface area contributed by atoms with Crippen molar-refractivity contribution in [3.05, 3.63) is 76.7 Å². The number of pyridine rings is 1. The Kier molecular flexibility index (Phi) is 6.05. The molecular formula is C26H27N7O2. The molecule has 1 aliphatic heterocycles. The van der Waals surface area contributed by atoms with E-state index in [0.29, 0.717) is 18.0 Å². The van der Waals surface area contributed by atoms with Gasteiger partial charge in [0.25, 0.3) is 5.56 Å². The van der Waals surface area contributed by atoms with Crippen LogP contribution in [0.1, 0.15) is 31.9 Å². The molecule has 1 unspecified atom stereocenters. The van der Waals surface area contributed by atoms with Crippen molar-refractivity contribution in [3.8, 4) is 11.1 Å². The van der Waals surface area contributed by atoms with E-state index in [-0.39, 0.29) is 17.6 Å². The lowest BCUT2D eigenvalue weighted by Crippen LogP contribution is -2.28. The van der Waals surface area contributed by atoms with Crippen molar-refractivity contribution in [2.75, 3.05) is 23.4 Å². The molecule has 9 heteroatoms. The van der Waals surface area contributed by atoms with Crippen LogP contribution < -0.4 is 21.2 Å². The van der Waals surface area contributed by atoms with Gasteiger partial charge in [-0.15, -0.1) is 0 Å². The Balaban J connectivity index is 1.54. The minimum Gasteiger partial charge on any atom is -0.338 e. The molecule has 0 saturated heterocycles. The molecule has 0 saturated carbocycles. The van der Waals surface area contributed by atoms with Gasteiger partial charge in [0.05, 0.1) is 17.2 Å². The topological polar surface area (TPSA) is 107 Å². The number of aromatic nitrogens is 3. The number of carbonyl (C=O) groups is 1. The highest BCUT2D eigenvalue weighted by Gasteiger charge is 2.19. The molecule has 5 rings (SSSR count). The van der Waals surface area contributed by atoms with E-state index >= 15 is 0 Å². The van der Waals surface area contributed by atoms with E-state index < -0.39 is 0 Å². The highest BCUT2D eigenvalue weighted by atomic mass is 16.2. The summed E-state index contributed by atoms with van der Waals surface area (Å²) in [5.74, 6) is 0.347. The number of imidazole rings is 1. The average Bonchev–Trinajstić information content (AvgIpc) is 3.53. The maximum atomic E-state index is 13.1. The number of amides is 2. The second-order valence-electron chi connectivity index (χ2n) is 8.42. The fraction of sp³-hybridized carbons (Fsp3) is 0.231. The zero-order valence-electron chi connectivity index (χ0n) is 19.7. The third-order valence-corrected chi connectivity index (χ3v) is 6.09. The summed E-state index contributed by atoms with van der Waals surface area (Å²) < 4.78 is 1.73. The number of hydrogen-bond donors (Lipinski definition) is 3. The van der Waals surface area contributed by atoms with Gasteiger partial charge >= 0.3 is 6.03 Å². The molecule has 2 amide bonds. The normalized spacial score (nSPS) is 13.8. The molecule has 35 heavy (non-hydrogen) atoms. The number of H-pyrrole nitrogens is 1. The molecule has 1 atom stereocenters. The van der Waals surface area contributed by atoms with E-state index in [4.69, 9.17) is 0 Å². The number of fused-ring (bicyclic) bond motifs is 1. The van der Waals surface area contributed by atoms with Gasteiger partial charge in [-0.2, -0.15) is 5.10 Å². The summed E-state index contributed by atoms with van der Waals surface area (Å²) in [6, 6.07) is 17.1. The number of benzene rings is 2. The quantitative estimate of drug-likeness (QED) is 0.390. The van der Waals surface area contributed by atoms with Gasteiger partial charge in [0, 0.05) is 38.0 Å². The molecule has 0 radical (unpaired) electrons. The van der Waals surface area contributed by atoms with Gasteiger partial charge in [0.2, 0.25) is 5.95 Å². The number of hydrogen-bond acceptors (Lipinski definition) is 5. The standard InChI is InChI=1S/C26H27N7O2/c1-3-27-26(35)31-25-29-21-14-20(15-22(24(21)30-25)33-12-7-11-28-33)19-10-13-32(23(34)16-19)17(2)18-8-5-4-6-9-18/h4-6,8-11,13-17H,3,7,12H2,1-2H3,(H3,27,29,30,31,35). The molecule has 0 bridgehead atoms. The van der Waals surface area contributed by atoms with Gasteiger partial charge < -0.3 is 14.9 Å². The predicted octanol–water partition coefficient (Wildman–Crippen LogP) is 4.34. The number of urea groups is 1. The Morgan fingerprint density at radius 3 is 2.69 bits per heavy atom. The molecule has 2 aromatic carbocycles. The zero-order chi connectivity index (χ0) is 24.4. The van der Waals surface area contributed by atoms with E-state index in [1.54, 1.807) is 10.6 Å². The number of nitrogens with zero attached hydrogens (tertiary/aromatic N) is 4. The smallest absolute Gasteiger partial charge is 0.321 e. The summed E-state index contributed by atoms with van der Waals surface area (Å²) in [7, 11) is 0. The highest BCUT2D eigenvalue weighted by molar-refractivity contribution is 5.97. The zero-order valence-corrected chi connectivity index (χ0v) is 19.7. The first-order valence-corrected chi connectivity index (χ1v) is 11.7. The van der Waals surface area contributed by atoms with Crippen LogP contribution in [0.25, 0.3) is 22.2 Å². The van der Waals surface area contributed by atoms with Crippen molar-refractivity contribution in [1.82, 2.24) is 19.9 Å². The first-order valence-electron chi connectivity index (χ1n) is 11.7. The maximum absolute atomic E-state index is 13.1. The summed E-state index contributed by atoms with van der Waals surface area (Å²) in [5.41, 5.74) is 4.91. The highest BCUT2D eigenvalue weighted by Crippen LogP contribution is 2.34. The summed E-state index contributed by atoms with van der Waals surface area (Å²) in [5, 5.41) is 11.8. The van der Waals surface area contributed by atoms with Gasteiger partial charge in [0.15, 0.2) is 0 Å². The fourth-order valence-corrected chi connectivity index (χ4v) is 4.29. The first-order chi connectivity index (χ1) is 17.0. The number of aromatic amines is 1. The molecule has 0 spiro atoms. The number of carbonyl (C=O) groups excluding carboxylic acids is 1. The summed E-state index contributed by atoms with van der Waals surface area (Å²) in [4.78, 5) is 32.8. The Morgan fingerprint density at radius 2 is 1.97 bits per heavy atom. The molecule has 3 heterocycles. The molecule has 178 valence electrons. The molecule has 9 nitrogen and oxygen atoms in total. The van der Waals surface area contributed by atoms with E-state index in [0.717, 1.165) is 40.9 Å². The Morgan fingerprint density at radius 1 is 1.14 bits per heavy atom. The molecule has 4 aromatic rings. The van der Waals surface area contributed by atoms with Crippen LogP contribution in [0.5, 0.6) is 0 Å². The lowest BCUT2D eigenvalue weighted by atomic mass is 10.0. The molecule has 2 aromatic heterocycles. The molecule has 1 aliphatic rings. The second-order valence-corrected chi connectivity index (χ2v) is 8.42. The third-order valence-electron chi connectivity index (χ3n) is 6.09. The Hall–Kier alpha value is -4.40. The van der Waals surface area contributed by atoms with Gasteiger partial charge in [-0.25, -0.2) is 9.78 Å². The summed E-state index contributed by atoms with van der Waals surface area (Å²) in [6.45, 7) is 5.11. The lowest BCUT2D eigenvalue weighted by Gasteiger charge is -2.17. The number of anilines is 2. The number of nitrogens with one attached hydrogen (secondary N) is 3. The average molecular weight is 470 g/mol. The minimum atomic E-state index is -0.330. The van der Waals surface area contributed by atoms with Crippen LogP contribution in [0.15, 0.2) is 70.7 Å². The van der Waals surface area contributed by atoms with Crippen molar-refractivity contribution < 1.29 is 4.79 Å². The fourth-order valence-electron chi connectivity index (χ4n) is 4.29. The van der Waals surface area contributed by atoms with Crippen LogP contribution in [-0.2, 0) is 0 Å².